The van der Waals surface area contributed by atoms with Gasteiger partial charge in [-0.1, -0.05) is 10.3 Å². The molecule has 0 unspecified atom stereocenters. The first kappa shape index (κ1) is 12.4. The van der Waals surface area contributed by atoms with Gasteiger partial charge in [0.05, 0.1) is 13.2 Å². The van der Waals surface area contributed by atoms with Gasteiger partial charge in [-0.3, -0.25) is 4.57 Å². The lowest BCUT2D eigenvalue weighted by atomic mass is 9.85. The lowest BCUT2D eigenvalue weighted by Crippen LogP contribution is -2.19. The molecule has 0 saturated heterocycles. The van der Waals surface area contributed by atoms with E-state index in [-0.39, 0.29) is 12.5 Å². The molecule has 6 nitrogen and oxygen atoms in total. The van der Waals surface area contributed by atoms with Crippen LogP contribution in [0, 0.1) is 0 Å². The number of halogens is 1. The third-order valence-corrected chi connectivity index (χ3v) is 3.69. The van der Waals surface area contributed by atoms with Crippen LogP contribution >= 0.6 is 0 Å². The molecule has 2 rings (SSSR count). The van der Waals surface area contributed by atoms with Crippen LogP contribution < -0.4 is 0 Å². The molecule has 0 radical (unpaired) electrons. The van der Waals surface area contributed by atoms with E-state index in [1.165, 1.54) is 11.7 Å². The summed E-state index contributed by atoms with van der Waals surface area (Å²) in [6, 6.07) is 0. The topological polar surface area (TPSA) is 74.1 Å². The molecule has 1 saturated carbocycles. The molecule has 1 heterocycles. The summed E-state index contributed by atoms with van der Waals surface area (Å²) in [6.45, 7) is 0.536. The Morgan fingerprint density at radius 1 is 1.47 bits per heavy atom. The van der Waals surface area contributed by atoms with Crippen molar-refractivity contribution in [1.29, 1.82) is 0 Å². The minimum Gasteiger partial charge on any atom is -0.383 e. The van der Waals surface area contributed by atoms with E-state index >= 15 is 0 Å². The second-order valence-corrected chi connectivity index (χ2v) is 5.29. The van der Waals surface area contributed by atoms with Crippen LogP contribution in [0.3, 0.4) is 0 Å². The molecule has 0 bridgehead atoms. The molecule has 0 spiro atoms. The van der Waals surface area contributed by atoms with Gasteiger partial charge < -0.3 is 4.74 Å². The zero-order chi connectivity index (χ0) is 12.5. The van der Waals surface area contributed by atoms with Crippen molar-refractivity contribution in [3.05, 3.63) is 5.82 Å². The predicted octanol–water partition coefficient (Wildman–Crippen LogP) is 0.850. The Hall–Kier alpha value is -1.02. The lowest BCUT2D eigenvalue weighted by molar-refractivity contribution is 0.181. The summed E-state index contributed by atoms with van der Waals surface area (Å²) in [5.74, 6) is 0.736. The second kappa shape index (κ2) is 4.69. The first-order valence-electron chi connectivity index (χ1n) is 5.40. The van der Waals surface area contributed by atoms with Crippen LogP contribution in [0.15, 0.2) is 5.16 Å². The quantitative estimate of drug-likeness (QED) is 0.736. The second-order valence-electron chi connectivity index (χ2n) is 4.05. The van der Waals surface area contributed by atoms with Crippen molar-refractivity contribution in [2.24, 2.45) is 0 Å². The van der Waals surface area contributed by atoms with Gasteiger partial charge in [-0.15, -0.1) is 10.2 Å². The summed E-state index contributed by atoms with van der Waals surface area (Å²) in [7, 11) is -3.33. The molecule has 1 aliphatic rings. The average Bonchev–Trinajstić information content (AvgIpc) is 2.55. The summed E-state index contributed by atoms with van der Waals surface area (Å²) < 4.78 is 41.1. The van der Waals surface area contributed by atoms with E-state index in [0.717, 1.165) is 19.3 Å². The van der Waals surface area contributed by atoms with E-state index in [2.05, 4.69) is 10.2 Å². The zero-order valence-corrected chi connectivity index (χ0v) is 10.3. The number of rotatable bonds is 5. The SMILES string of the molecule is COCCn1c(C2CCC2)nnc1S(=O)(=O)F. The fourth-order valence-corrected chi connectivity index (χ4v) is 2.43. The first-order valence-corrected chi connectivity index (χ1v) is 6.79. The minimum absolute atomic E-state index is 0.190. The molecule has 1 aromatic heterocycles. The summed E-state index contributed by atoms with van der Waals surface area (Å²) in [5, 5.41) is 6.62. The molecule has 0 aliphatic heterocycles. The Bertz CT molecular complexity index is 496. The van der Waals surface area contributed by atoms with Crippen molar-refractivity contribution >= 4 is 10.2 Å². The molecule has 8 heteroatoms. The predicted molar refractivity (Wildman–Crippen MR) is 56.8 cm³/mol. The summed E-state index contributed by atoms with van der Waals surface area (Å²) in [4.78, 5) is 0. The summed E-state index contributed by atoms with van der Waals surface area (Å²) in [5.41, 5.74) is 0. The van der Waals surface area contributed by atoms with Crippen LogP contribution in [0.25, 0.3) is 0 Å². The van der Waals surface area contributed by atoms with E-state index in [4.69, 9.17) is 4.74 Å². The number of hydrogen-bond acceptors (Lipinski definition) is 5. The molecule has 1 aromatic rings. The van der Waals surface area contributed by atoms with E-state index in [1.54, 1.807) is 0 Å². The Kier molecular flexibility index (Phi) is 3.43. The van der Waals surface area contributed by atoms with Crippen molar-refractivity contribution in [1.82, 2.24) is 14.8 Å². The van der Waals surface area contributed by atoms with E-state index in [1.807, 2.05) is 0 Å². The maximum Gasteiger partial charge on any atom is 0.368 e. The molecule has 0 N–H and O–H groups in total. The van der Waals surface area contributed by atoms with Gasteiger partial charge in [-0.05, 0) is 12.8 Å². The normalized spacial score (nSPS) is 17.1. The molecule has 1 fully saturated rings. The number of ether oxygens (including phenoxy) is 1. The Morgan fingerprint density at radius 3 is 2.65 bits per heavy atom. The largest absolute Gasteiger partial charge is 0.383 e. The highest BCUT2D eigenvalue weighted by molar-refractivity contribution is 7.86. The smallest absolute Gasteiger partial charge is 0.368 e. The fourth-order valence-electron chi connectivity index (χ4n) is 1.84. The van der Waals surface area contributed by atoms with Crippen LogP contribution in [0.4, 0.5) is 3.89 Å². The van der Waals surface area contributed by atoms with Gasteiger partial charge >= 0.3 is 10.2 Å². The molecule has 17 heavy (non-hydrogen) atoms. The summed E-state index contributed by atoms with van der Waals surface area (Å²) in [6.07, 6.45) is 2.97. The highest BCUT2D eigenvalue weighted by Gasteiger charge is 2.30. The van der Waals surface area contributed by atoms with Crippen LogP contribution in [0.1, 0.15) is 31.0 Å². The highest BCUT2D eigenvalue weighted by atomic mass is 32.3. The summed E-state index contributed by atoms with van der Waals surface area (Å²) >= 11 is 0. The fraction of sp³-hybridized carbons (Fsp3) is 0.778. The van der Waals surface area contributed by atoms with Crippen molar-refractivity contribution in [2.75, 3.05) is 13.7 Å². The lowest BCUT2D eigenvalue weighted by Gasteiger charge is -2.24. The van der Waals surface area contributed by atoms with Gasteiger partial charge in [0.1, 0.15) is 5.82 Å². The average molecular weight is 263 g/mol. The number of nitrogens with zero attached hydrogens (tertiary/aromatic N) is 3. The maximum atomic E-state index is 13.0. The monoisotopic (exact) mass is 263 g/mol. The van der Waals surface area contributed by atoms with Crippen molar-refractivity contribution < 1.29 is 17.0 Å². The molecule has 96 valence electrons. The molecule has 0 atom stereocenters. The molecule has 0 aromatic carbocycles. The molecule has 1 aliphatic carbocycles. The van der Waals surface area contributed by atoms with Crippen molar-refractivity contribution in [3.63, 3.8) is 0 Å². The Labute approximate surface area is 99.0 Å². The van der Waals surface area contributed by atoms with Gasteiger partial charge in [0, 0.05) is 13.0 Å². The van der Waals surface area contributed by atoms with Gasteiger partial charge in [0.15, 0.2) is 0 Å². The minimum atomic E-state index is -4.83. The van der Waals surface area contributed by atoms with Gasteiger partial charge in [0.25, 0.3) is 5.16 Å². The third-order valence-electron chi connectivity index (χ3n) is 2.95. The molecule has 0 amide bonds. The first-order chi connectivity index (χ1) is 8.04. The van der Waals surface area contributed by atoms with Crippen LogP contribution in [0.2, 0.25) is 0 Å². The van der Waals surface area contributed by atoms with Crippen LogP contribution in [-0.2, 0) is 21.5 Å². The number of hydrogen-bond donors (Lipinski definition) is 0. The van der Waals surface area contributed by atoms with E-state index in [0.29, 0.717) is 12.4 Å². The van der Waals surface area contributed by atoms with E-state index in [9.17, 15) is 12.3 Å². The maximum absolute atomic E-state index is 13.0. The van der Waals surface area contributed by atoms with Crippen molar-refractivity contribution in [2.45, 2.75) is 36.9 Å². The van der Waals surface area contributed by atoms with Gasteiger partial charge in [0.2, 0.25) is 0 Å². The Balaban J connectivity index is 2.35. The Morgan fingerprint density at radius 2 is 2.18 bits per heavy atom. The van der Waals surface area contributed by atoms with Crippen molar-refractivity contribution in [3.8, 4) is 0 Å². The number of aromatic nitrogens is 3. The highest BCUT2D eigenvalue weighted by Crippen LogP contribution is 2.36. The van der Waals surface area contributed by atoms with E-state index < -0.39 is 15.4 Å². The van der Waals surface area contributed by atoms with Gasteiger partial charge in [-0.25, -0.2) is 0 Å². The van der Waals surface area contributed by atoms with Gasteiger partial charge in [-0.2, -0.15) is 8.42 Å². The number of methoxy groups -OCH3 is 1. The molecular weight excluding hydrogens is 249 g/mol. The van der Waals surface area contributed by atoms with Crippen LogP contribution in [-0.4, -0.2) is 36.9 Å². The van der Waals surface area contributed by atoms with Crippen LogP contribution in [0.5, 0.6) is 0 Å². The third kappa shape index (κ3) is 2.47. The zero-order valence-electron chi connectivity index (χ0n) is 9.47. The molecular formula is C9H14FN3O3S. The standard InChI is InChI=1S/C9H14FN3O3S/c1-16-6-5-13-8(7-3-2-4-7)11-12-9(13)17(10,14)15/h7H,2-6H2,1H3.